The molecule has 1 aliphatic rings. The third-order valence-electron chi connectivity index (χ3n) is 5.05. The molecule has 1 amide bonds. The van der Waals surface area contributed by atoms with Crippen molar-refractivity contribution in [3.63, 3.8) is 0 Å². The van der Waals surface area contributed by atoms with Crippen LogP contribution in [-0.4, -0.2) is 52.1 Å². The highest BCUT2D eigenvalue weighted by Gasteiger charge is 2.15. The van der Waals surface area contributed by atoms with Crippen LogP contribution >= 0.6 is 0 Å². The van der Waals surface area contributed by atoms with Gasteiger partial charge in [0.05, 0.1) is 30.6 Å². The summed E-state index contributed by atoms with van der Waals surface area (Å²) in [7, 11) is 0. The van der Waals surface area contributed by atoms with Crippen molar-refractivity contribution in [3.8, 4) is 11.4 Å². The topological polar surface area (TPSA) is 96.0 Å². The van der Waals surface area contributed by atoms with Crippen molar-refractivity contribution < 1.29 is 9.53 Å². The number of aromatic nitrogens is 4. The van der Waals surface area contributed by atoms with Gasteiger partial charge in [0, 0.05) is 36.7 Å². The van der Waals surface area contributed by atoms with E-state index < -0.39 is 0 Å². The summed E-state index contributed by atoms with van der Waals surface area (Å²) in [6.45, 7) is 3.23. The van der Waals surface area contributed by atoms with Crippen molar-refractivity contribution in [1.82, 2.24) is 19.9 Å². The second kappa shape index (κ2) is 7.92. The number of aromatic amines is 1. The van der Waals surface area contributed by atoms with Crippen LogP contribution < -0.4 is 10.2 Å². The molecule has 1 aliphatic heterocycles. The maximum absolute atomic E-state index is 12.5. The number of morpholine rings is 1. The van der Waals surface area contributed by atoms with Gasteiger partial charge in [0.2, 0.25) is 0 Å². The van der Waals surface area contributed by atoms with Gasteiger partial charge in [0.15, 0.2) is 0 Å². The Hall–Kier alpha value is -3.78. The molecule has 0 saturated carbocycles. The maximum atomic E-state index is 12.5. The van der Waals surface area contributed by atoms with Gasteiger partial charge in [-0.3, -0.25) is 9.78 Å². The zero-order valence-electron chi connectivity index (χ0n) is 16.2. The van der Waals surface area contributed by atoms with E-state index in [1.54, 1.807) is 0 Å². The average molecular weight is 400 g/mol. The molecule has 1 fully saturated rings. The molecule has 4 aromatic rings. The van der Waals surface area contributed by atoms with E-state index in [4.69, 9.17) is 9.72 Å². The molecule has 8 nitrogen and oxygen atoms in total. The van der Waals surface area contributed by atoms with E-state index >= 15 is 0 Å². The maximum Gasteiger partial charge on any atom is 0.275 e. The highest BCUT2D eigenvalue weighted by molar-refractivity contribution is 6.07. The lowest BCUT2D eigenvalue weighted by molar-refractivity contribution is 0.102. The van der Waals surface area contributed by atoms with Crippen molar-refractivity contribution in [2.45, 2.75) is 0 Å². The second-order valence-electron chi connectivity index (χ2n) is 6.98. The van der Waals surface area contributed by atoms with Crippen LogP contribution in [0, 0.1) is 0 Å². The Morgan fingerprint density at radius 1 is 1.10 bits per heavy atom. The monoisotopic (exact) mass is 400 g/mol. The summed E-state index contributed by atoms with van der Waals surface area (Å²) in [6.07, 6.45) is 4.45. The second-order valence-corrected chi connectivity index (χ2v) is 6.98. The largest absolute Gasteiger partial charge is 0.378 e. The number of hydrogen-bond acceptors (Lipinski definition) is 6. The van der Waals surface area contributed by atoms with Gasteiger partial charge in [-0.2, -0.15) is 0 Å². The summed E-state index contributed by atoms with van der Waals surface area (Å²) < 4.78 is 5.45. The van der Waals surface area contributed by atoms with Gasteiger partial charge < -0.3 is 19.9 Å². The zero-order valence-corrected chi connectivity index (χ0v) is 16.2. The van der Waals surface area contributed by atoms with Gasteiger partial charge >= 0.3 is 0 Å². The molecular formula is C22H20N6O2. The number of H-pyrrole nitrogens is 1. The van der Waals surface area contributed by atoms with Crippen LogP contribution in [0.25, 0.3) is 22.4 Å². The molecular weight excluding hydrogens is 380 g/mol. The molecule has 8 heteroatoms. The predicted octanol–water partition coefficient (Wildman–Crippen LogP) is 3.11. The van der Waals surface area contributed by atoms with Gasteiger partial charge in [-0.25, -0.2) is 9.97 Å². The molecule has 150 valence electrons. The number of para-hydroxylation sites is 1. The van der Waals surface area contributed by atoms with Gasteiger partial charge in [0.25, 0.3) is 5.91 Å². The highest BCUT2D eigenvalue weighted by atomic mass is 16.5. The quantitative estimate of drug-likeness (QED) is 0.546. The Balaban J connectivity index is 1.46. The van der Waals surface area contributed by atoms with Gasteiger partial charge in [-0.05, 0) is 24.3 Å². The number of hydrogen-bond donors (Lipinski definition) is 2. The minimum Gasteiger partial charge on any atom is -0.378 e. The minimum absolute atomic E-state index is 0.253. The minimum atomic E-state index is -0.325. The summed E-state index contributed by atoms with van der Waals surface area (Å²) in [5.41, 5.74) is 4.55. The summed E-state index contributed by atoms with van der Waals surface area (Å²) in [6, 6.07) is 13.9. The van der Waals surface area contributed by atoms with Gasteiger partial charge in [0.1, 0.15) is 17.0 Å². The molecule has 0 bridgehead atoms. The molecule has 0 atom stereocenters. The van der Waals surface area contributed by atoms with E-state index in [0.717, 1.165) is 48.9 Å². The van der Waals surface area contributed by atoms with Crippen LogP contribution in [0.4, 0.5) is 11.4 Å². The molecule has 5 rings (SSSR count). The zero-order chi connectivity index (χ0) is 20.3. The van der Waals surface area contributed by atoms with Crippen LogP contribution in [0.2, 0.25) is 0 Å². The van der Waals surface area contributed by atoms with Crippen LogP contribution in [0.1, 0.15) is 10.5 Å². The molecule has 3 heterocycles. The first-order chi connectivity index (χ1) is 14.8. The van der Waals surface area contributed by atoms with E-state index in [2.05, 4.69) is 37.3 Å². The number of nitrogens with one attached hydrogen (secondary N) is 2. The number of rotatable bonds is 4. The van der Waals surface area contributed by atoms with Crippen molar-refractivity contribution in [2.24, 2.45) is 0 Å². The summed E-state index contributed by atoms with van der Waals surface area (Å²) in [5, 5.41) is 2.88. The van der Waals surface area contributed by atoms with Crippen molar-refractivity contribution in [3.05, 3.63) is 66.7 Å². The summed E-state index contributed by atoms with van der Waals surface area (Å²) in [5.74, 6) is 0.427. The first-order valence-corrected chi connectivity index (χ1v) is 9.77. The molecule has 0 radical (unpaired) electrons. The highest BCUT2D eigenvalue weighted by Crippen LogP contribution is 2.28. The number of benzene rings is 2. The van der Waals surface area contributed by atoms with Gasteiger partial charge in [-0.1, -0.05) is 18.2 Å². The number of carbonyl (C=O) groups is 1. The van der Waals surface area contributed by atoms with Crippen molar-refractivity contribution in [1.29, 1.82) is 0 Å². The Bertz CT molecular complexity index is 1180. The standard InChI is InChI=1S/C22H20N6O2/c29-22(19-14-23-7-8-24-19)26-18-6-2-5-17-20(18)27-21(25-17)15-3-1-4-16(13-15)28-9-11-30-12-10-28/h1-8,13-14H,9-12H2,(H,25,27)(H,26,29). The Labute approximate surface area is 172 Å². The first-order valence-electron chi connectivity index (χ1n) is 9.77. The number of fused-ring (bicyclic) bond motifs is 1. The predicted molar refractivity (Wildman–Crippen MR) is 115 cm³/mol. The molecule has 30 heavy (non-hydrogen) atoms. The summed E-state index contributed by atoms with van der Waals surface area (Å²) >= 11 is 0. The smallest absolute Gasteiger partial charge is 0.275 e. The fraction of sp³-hybridized carbons (Fsp3) is 0.182. The number of amides is 1. The van der Waals surface area contributed by atoms with E-state index in [9.17, 15) is 4.79 Å². The van der Waals surface area contributed by atoms with Gasteiger partial charge in [-0.15, -0.1) is 0 Å². The normalized spacial score (nSPS) is 14.1. The molecule has 0 aliphatic carbocycles. The fourth-order valence-corrected chi connectivity index (χ4v) is 3.54. The number of nitrogens with zero attached hydrogens (tertiary/aromatic N) is 4. The lowest BCUT2D eigenvalue weighted by Crippen LogP contribution is -2.36. The number of anilines is 2. The van der Waals surface area contributed by atoms with Crippen LogP contribution in [0.5, 0.6) is 0 Å². The number of imidazole rings is 1. The molecule has 2 N–H and O–H groups in total. The van der Waals surface area contributed by atoms with E-state index in [-0.39, 0.29) is 11.6 Å². The van der Waals surface area contributed by atoms with Crippen molar-refractivity contribution in [2.75, 3.05) is 36.5 Å². The van der Waals surface area contributed by atoms with Crippen LogP contribution in [-0.2, 0) is 4.74 Å². The van der Waals surface area contributed by atoms with E-state index in [1.807, 2.05) is 30.3 Å². The third kappa shape index (κ3) is 3.60. The Morgan fingerprint density at radius 3 is 2.80 bits per heavy atom. The molecule has 1 saturated heterocycles. The van der Waals surface area contributed by atoms with Crippen molar-refractivity contribution >= 4 is 28.3 Å². The average Bonchev–Trinajstić information content (AvgIpc) is 3.26. The van der Waals surface area contributed by atoms with Crippen LogP contribution in [0.15, 0.2) is 61.1 Å². The number of carbonyl (C=O) groups excluding carboxylic acids is 1. The molecule has 0 unspecified atom stereocenters. The number of ether oxygens (including phenoxy) is 1. The Morgan fingerprint density at radius 2 is 1.97 bits per heavy atom. The lowest BCUT2D eigenvalue weighted by Gasteiger charge is -2.29. The molecule has 2 aromatic carbocycles. The van der Waals surface area contributed by atoms with Crippen LogP contribution in [0.3, 0.4) is 0 Å². The molecule has 0 spiro atoms. The SMILES string of the molecule is O=C(Nc1cccc2[nH]c(-c3cccc(N4CCOCC4)c3)nc12)c1cnccn1. The Kier molecular flexibility index (Phi) is 4.82. The molecule has 2 aromatic heterocycles. The first kappa shape index (κ1) is 18.3. The fourth-order valence-electron chi connectivity index (χ4n) is 3.54. The van der Waals surface area contributed by atoms with E-state index in [1.165, 1.54) is 18.6 Å². The van der Waals surface area contributed by atoms with E-state index in [0.29, 0.717) is 11.2 Å². The third-order valence-corrected chi connectivity index (χ3v) is 5.05. The lowest BCUT2D eigenvalue weighted by atomic mass is 10.1. The summed E-state index contributed by atoms with van der Waals surface area (Å²) in [4.78, 5) is 30.9.